The maximum Gasteiger partial charge on any atom is 0.203 e. The molecule has 1 aromatic rings. The number of carbonyl (C=O) groups is 1. The average Bonchev–Trinajstić information content (AvgIpc) is 2.91. The zero-order valence-electron chi connectivity index (χ0n) is 21.8. The van der Waals surface area contributed by atoms with Gasteiger partial charge in [0.05, 0.1) is 0 Å². The van der Waals surface area contributed by atoms with Gasteiger partial charge in [0.15, 0.2) is 5.60 Å². The monoisotopic (exact) mass is 422 g/mol. The highest BCUT2D eigenvalue weighted by atomic mass is 16.5. The van der Waals surface area contributed by atoms with Crippen molar-refractivity contribution in [2.45, 2.75) is 106 Å². The van der Waals surface area contributed by atoms with E-state index in [9.17, 15) is 4.79 Å². The summed E-state index contributed by atoms with van der Waals surface area (Å²) in [5.74, 6) is 0.977. The van der Waals surface area contributed by atoms with E-state index in [1.54, 1.807) is 0 Å². The lowest BCUT2D eigenvalue weighted by Gasteiger charge is -2.39. The smallest absolute Gasteiger partial charge is 0.203 e. The Kier molecular flexibility index (Phi) is 5.25. The van der Waals surface area contributed by atoms with Gasteiger partial charge in [0.2, 0.25) is 5.78 Å². The van der Waals surface area contributed by atoms with Crippen molar-refractivity contribution in [2.24, 2.45) is 10.8 Å². The fourth-order valence-corrected chi connectivity index (χ4v) is 4.60. The summed E-state index contributed by atoms with van der Waals surface area (Å²) >= 11 is 0. The molecule has 1 spiro atoms. The number of ketones is 1. The Labute approximate surface area is 190 Å². The topological polar surface area (TPSA) is 26.3 Å². The van der Waals surface area contributed by atoms with Gasteiger partial charge < -0.3 is 4.74 Å². The van der Waals surface area contributed by atoms with Gasteiger partial charge in [-0.05, 0) is 56.1 Å². The molecule has 0 radical (unpaired) electrons. The largest absolute Gasteiger partial charge is 0.474 e. The van der Waals surface area contributed by atoms with Crippen molar-refractivity contribution < 1.29 is 9.53 Å². The summed E-state index contributed by atoms with van der Waals surface area (Å²) in [6.45, 7) is 26.6. The Balaban J connectivity index is 2.21. The zero-order valence-corrected chi connectivity index (χ0v) is 21.8. The van der Waals surface area contributed by atoms with Gasteiger partial charge in [-0.25, -0.2) is 0 Å². The van der Waals surface area contributed by atoms with Crippen LogP contribution in [0.3, 0.4) is 0 Å². The molecule has 3 rings (SSSR count). The first-order valence-corrected chi connectivity index (χ1v) is 11.6. The number of rotatable bonds is 0. The van der Waals surface area contributed by atoms with Crippen LogP contribution < -0.4 is 4.74 Å². The number of allylic oxidation sites excluding steroid dienone is 2. The Hall–Kier alpha value is -1.83. The van der Waals surface area contributed by atoms with E-state index >= 15 is 0 Å². The van der Waals surface area contributed by atoms with Crippen LogP contribution in [-0.4, -0.2) is 11.4 Å². The molecule has 2 nitrogen and oxygen atoms in total. The Morgan fingerprint density at radius 3 is 1.74 bits per heavy atom. The number of fused-ring (bicyclic) bond motifs is 1. The number of ether oxygens (including phenoxy) is 1. The molecule has 0 bridgehead atoms. The van der Waals surface area contributed by atoms with Crippen molar-refractivity contribution in [2.75, 3.05) is 0 Å². The first kappa shape index (κ1) is 23.8. The molecular weight excluding hydrogens is 380 g/mol. The predicted molar refractivity (Wildman–Crippen MR) is 131 cm³/mol. The summed E-state index contributed by atoms with van der Waals surface area (Å²) in [6.07, 6.45) is 4.62. The molecule has 1 aliphatic heterocycles. The third kappa shape index (κ3) is 4.28. The molecule has 0 saturated heterocycles. The van der Waals surface area contributed by atoms with E-state index in [2.05, 4.69) is 101 Å². The summed E-state index contributed by atoms with van der Waals surface area (Å²) < 4.78 is 6.69. The van der Waals surface area contributed by atoms with Crippen molar-refractivity contribution in [3.05, 3.63) is 52.1 Å². The molecular formula is C29H42O2. The third-order valence-electron chi connectivity index (χ3n) is 6.55. The van der Waals surface area contributed by atoms with E-state index < -0.39 is 5.60 Å². The molecule has 0 fully saturated rings. The maximum atomic E-state index is 13.6. The molecule has 0 amide bonds. The highest BCUT2D eigenvalue weighted by Gasteiger charge is 2.49. The van der Waals surface area contributed by atoms with Crippen LogP contribution in [0.1, 0.15) is 99.8 Å². The lowest BCUT2D eigenvalue weighted by atomic mass is 9.67. The van der Waals surface area contributed by atoms with Crippen LogP contribution in [0.5, 0.6) is 5.75 Å². The standard InChI is InChI=1S/C29H42O2/c1-25(2,3)19-13-18-16-29(31-24(18)21(14-19)27(7,8)9)17-22(28(10,11)12)20(15-23(29)30)26(4,5)6/h13-15,17H,16H2,1-12H3/t29-/m0/s1. The van der Waals surface area contributed by atoms with E-state index in [1.807, 2.05) is 6.08 Å². The number of carbonyl (C=O) groups excluding carboxylic acids is 1. The maximum absolute atomic E-state index is 13.6. The van der Waals surface area contributed by atoms with Gasteiger partial charge >= 0.3 is 0 Å². The minimum Gasteiger partial charge on any atom is -0.474 e. The van der Waals surface area contributed by atoms with Crippen molar-refractivity contribution in [1.82, 2.24) is 0 Å². The Morgan fingerprint density at radius 2 is 1.29 bits per heavy atom. The van der Waals surface area contributed by atoms with Gasteiger partial charge in [0, 0.05) is 12.0 Å². The van der Waals surface area contributed by atoms with Crippen LogP contribution in [0, 0.1) is 10.8 Å². The molecule has 0 unspecified atom stereocenters. The van der Waals surface area contributed by atoms with Gasteiger partial charge in [0.1, 0.15) is 5.75 Å². The molecule has 170 valence electrons. The van der Waals surface area contributed by atoms with E-state index in [4.69, 9.17) is 4.74 Å². The fraction of sp³-hybridized carbons (Fsp3) is 0.621. The van der Waals surface area contributed by atoms with E-state index in [1.165, 1.54) is 16.7 Å². The SMILES string of the molecule is CC(C)(C)C1=CC(=O)[C@@]2(C=C1C(C)(C)C)Cc1cc(C(C)(C)C)cc(C(C)(C)C)c1O2. The van der Waals surface area contributed by atoms with Gasteiger partial charge in [-0.3, -0.25) is 4.79 Å². The molecule has 1 aromatic carbocycles. The Morgan fingerprint density at radius 1 is 0.742 bits per heavy atom. The second kappa shape index (κ2) is 6.83. The molecule has 0 N–H and O–H groups in total. The molecule has 1 aliphatic carbocycles. The normalized spacial score (nSPS) is 22.3. The minimum absolute atomic E-state index is 0.0348. The second-order valence-corrected chi connectivity index (χ2v) is 13.7. The highest BCUT2D eigenvalue weighted by Crippen LogP contribution is 2.50. The first-order valence-electron chi connectivity index (χ1n) is 11.6. The highest BCUT2D eigenvalue weighted by molar-refractivity contribution is 6.03. The molecule has 1 atom stereocenters. The summed E-state index contributed by atoms with van der Waals surface area (Å²) in [4.78, 5) is 13.6. The van der Waals surface area contributed by atoms with Crippen LogP contribution in [0.25, 0.3) is 0 Å². The lowest BCUT2D eigenvalue weighted by molar-refractivity contribution is -0.125. The van der Waals surface area contributed by atoms with Crippen molar-refractivity contribution in [1.29, 1.82) is 0 Å². The third-order valence-corrected chi connectivity index (χ3v) is 6.55. The average molecular weight is 423 g/mol. The number of benzene rings is 1. The molecule has 31 heavy (non-hydrogen) atoms. The van der Waals surface area contributed by atoms with E-state index in [0.29, 0.717) is 6.42 Å². The predicted octanol–water partition coefficient (Wildman–Crippen LogP) is 7.48. The summed E-state index contributed by atoms with van der Waals surface area (Å²) in [6, 6.07) is 4.55. The number of hydrogen-bond donors (Lipinski definition) is 0. The van der Waals surface area contributed by atoms with Crippen molar-refractivity contribution in [3.63, 3.8) is 0 Å². The van der Waals surface area contributed by atoms with Crippen molar-refractivity contribution >= 4 is 5.78 Å². The van der Waals surface area contributed by atoms with E-state index in [-0.39, 0.29) is 27.4 Å². The minimum atomic E-state index is -0.934. The summed E-state index contributed by atoms with van der Waals surface area (Å²) in [5, 5.41) is 0. The van der Waals surface area contributed by atoms with Crippen LogP contribution in [0.15, 0.2) is 35.4 Å². The van der Waals surface area contributed by atoms with Crippen molar-refractivity contribution in [3.8, 4) is 5.75 Å². The zero-order chi connectivity index (χ0) is 23.8. The van der Waals surface area contributed by atoms with Gasteiger partial charge in [-0.15, -0.1) is 0 Å². The van der Waals surface area contributed by atoms with E-state index in [0.717, 1.165) is 16.9 Å². The van der Waals surface area contributed by atoms with Crippen LogP contribution in [0.4, 0.5) is 0 Å². The van der Waals surface area contributed by atoms with Gasteiger partial charge in [-0.2, -0.15) is 0 Å². The lowest BCUT2D eigenvalue weighted by Crippen LogP contribution is -2.45. The summed E-state index contributed by atoms with van der Waals surface area (Å²) in [7, 11) is 0. The molecule has 1 heterocycles. The molecule has 0 aromatic heterocycles. The second-order valence-electron chi connectivity index (χ2n) is 13.7. The van der Waals surface area contributed by atoms with Crippen LogP contribution in [0.2, 0.25) is 0 Å². The molecule has 2 aliphatic rings. The first-order chi connectivity index (χ1) is 13.8. The van der Waals surface area contributed by atoms with Gasteiger partial charge in [-0.1, -0.05) is 95.2 Å². The summed E-state index contributed by atoms with van der Waals surface area (Å²) in [5.41, 5.74) is 4.85. The fourth-order valence-electron chi connectivity index (χ4n) is 4.60. The molecule has 2 heteroatoms. The van der Waals surface area contributed by atoms with Gasteiger partial charge in [0.25, 0.3) is 0 Å². The number of hydrogen-bond acceptors (Lipinski definition) is 2. The quantitative estimate of drug-likeness (QED) is 0.433. The van der Waals surface area contributed by atoms with Crippen LogP contribution >= 0.6 is 0 Å². The Bertz CT molecular complexity index is 976. The molecule has 0 saturated carbocycles. The van der Waals surface area contributed by atoms with Crippen LogP contribution in [-0.2, 0) is 22.0 Å².